The van der Waals surface area contributed by atoms with Gasteiger partial charge in [-0.25, -0.2) is 4.98 Å². The zero-order valence-electron chi connectivity index (χ0n) is 8.12. The number of pyridine rings is 1. The normalized spacial score (nSPS) is 12.5. The average molecular weight is 180 g/mol. The minimum Gasteiger partial charge on any atom is -0.393 e. The van der Waals surface area contributed by atoms with Crippen LogP contribution in [0.1, 0.15) is 18.9 Å². The van der Waals surface area contributed by atoms with Crippen LogP contribution in [0.4, 0.5) is 5.82 Å². The smallest absolute Gasteiger partial charge is 0.125 e. The Hall–Kier alpha value is -1.09. The van der Waals surface area contributed by atoms with Gasteiger partial charge < -0.3 is 10.4 Å². The van der Waals surface area contributed by atoms with Gasteiger partial charge in [0.1, 0.15) is 5.82 Å². The van der Waals surface area contributed by atoms with Crippen LogP contribution in [0.3, 0.4) is 0 Å². The van der Waals surface area contributed by atoms with Crippen LogP contribution < -0.4 is 5.32 Å². The molecule has 1 heterocycles. The minimum absolute atomic E-state index is 0.252. The molecule has 72 valence electrons. The van der Waals surface area contributed by atoms with Gasteiger partial charge in [-0.05, 0) is 31.9 Å². The van der Waals surface area contributed by atoms with E-state index < -0.39 is 0 Å². The molecule has 0 bridgehead atoms. The van der Waals surface area contributed by atoms with Crippen molar-refractivity contribution >= 4 is 5.82 Å². The van der Waals surface area contributed by atoms with Crippen LogP contribution in [0, 0.1) is 6.92 Å². The first-order chi connectivity index (χ1) is 6.18. The first kappa shape index (κ1) is 9.99. The highest BCUT2D eigenvalue weighted by molar-refractivity contribution is 5.34. The van der Waals surface area contributed by atoms with E-state index >= 15 is 0 Å². The van der Waals surface area contributed by atoms with E-state index in [0.717, 1.165) is 24.3 Å². The molecule has 0 aromatic carbocycles. The molecule has 0 saturated heterocycles. The topological polar surface area (TPSA) is 45.1 Å². The Balaban J connectivity index is 2.33. The van der Waals surface area contributed by atoms with Gasteiger partial charge in [0.15, 0.2) is 0 Å². The summed E-state index contributed by atoms with van der Waals surface area (Å²) in [6.45, 7) is 4.55. The number of anilines is 1. The summed E-state index contributed by atoms with van der Waals surface area (Å²) in [6.07, 6.45) is 2.32. The molecule has 0 aliphatic rings. The number of nitrogens with zero attached hydrogens (tertiary/aromatic N) is 1. The molecule has 0 radical (unpaired) electrons. The van der Waals surface area contributed by atoms with Crippen molar-refractivity contribution in [3.63, 3.8) is 0 Å². The molecule has 3 nitrogen and oxygen atoms in total. The van der Waals surface area contributed by atoms with Gasteiger partial charge >= 0.3 is 0 Å². The van der Waals surface area contributed by atoms with E-state index in [1.807, 2.05) is 25.3 Å². The summed E-state index contributed by atoms with van der Waals surface area (Å²) in [6, 6.07) is 3.95. The maximum Gasteiger partial charge on any atom is 0.125 e. The van der Waals surface area contributed by atoms with E-state index in [0.29, 0.717) is 0 Å². The third-order valence-electron chi connectivity index (χ3n) is 1.78. The van der Waals surface area contributed by atoms with E-state index in [4.69, 9.17) is 5.11 Å². The molecular weight excluding hydrogens is 164 g/mol. The molecule has 0 saturated carbocycles. The van der Waals surface area contributed by atoms with Crippen molar-refractivity contribution in [2.75, 3.05) is 11.9 Å². The molecule has 1 rings (SSSR count). The number of hydrogen-bond acceptors (Lipinski definition) is 3. The highest BCUT2D eigenvalue weighted by Crippen LogP contribution is 2.03. The van der Waals surface area contributed by atoms with E-state index in [1.54, 1.807) is 6.92 Å². The van der Waals surface area contributed by atoms with Crippen molar-refractivity contribution in [1.29, 1.82) is 0 Å². The predicted molar refractivity (Wildman–Crippen MR) is 53.8 cm³/mol. The summed E-state index contributed by atoms with van der Waals surface area (Å²) < 4.78 is 0. The molecule has 3 heteroatoms. The summed E-state index contributed by atoms with van der Waals surface area (Å²) >= 11 is 0. The first-order valence-electron chi connectivity index (χ1n) is 4.53. The SMILES string of the molecule is Cc1ccc(NCC[C@@H](C)O)nc1. The van der Waals surface area contributed by atoms with Crippen molar-refractivity contribution in [2.24, 2.45) is 0 Å². The molecule has 1 atom stereocenters. The van der Waals surface area contributed by atoms with E-state index in [1.165, 1.54) is 0 Å². The summed E-state index contributed by atoms with van der Waals surface area (Å²) in [5.74, 6) is 0.867. The number of aliphatic hydroxyl groups is 1. The second-order valence-corrected chi connectivity index (χ2v) is 3.29. The summed E-state index contributed by atoms with van der Waals surface area (Å²) in [7, 11) is 0. The van der Waals surface area contributed by atoms with Gasteiger partial charge in [0.25, 0.3) is 0 Å². The second-order valence-electron chi connectivity index (χ2n) is 3.29. The lowest BCUT2D eigenvalue weighted by Gasteiger charge is -2.06. The number of aryl methyl sites for hydroxylation is 1. The number of hydrogen-bond donors (Lipinski definition) is 2. The molecule has 0 unspecified atom stereocenters. The Morgan fingerprint density at radius 2 is 2.31 bits per heavy atom. The van der Waals surface area contributed by atoms with Crippen LogP contribution in [-0.2, 0) is 0 Å². The molecule has 1 aromatic heterocycles. The van der Waals surface area contributed by atoms with Crippen LogP contribution in [-0.4, -0.2) is 22.7 Å². The van der Waals surface area contributed by atoms with Crippen molar-refractivity contribution in [3.8, 4) is 0 Å². The molecule has 0 amide bonds. The van der Waals surface area contributed by atoms with Gasteiger partial charge in [-0.3, -0.25) is 0 Å². The minimum atomic E-state index is -0.252. The summed E-state index contributed by atoms with van der Waals surface area (Å²) in [5.41, 5.74) is 1.15. The Labute approximate surface area is 78.8 Å². The van der Waals surface area contributed by atoms with Crippen LogP contribution in [0.15, 0.2) is 18.3 Å². The van der Waals surface area contributed by atoms with Gasteiger partial charge in [-0.1, -0.05) is 6.07 Å². The molecular formula is C10H16N2O. The van der Waals surface area contributed by atoms with Crippen molar-refractivity contribution < 1.29 is 5.11 Å². The Kier molecular flexibility index (Phi) is 3.71. The number of nitrogens with one attached hydrogen (secondary N) is 1. The zero-order valence-corrected chi connectivity index (χ0v) is 8.12. The standard InChI is InChI=1S/C10H16N2O/c1-8-3-4-10(12-7-8)11-6-5-9(2)13/h3-4,7,9,13H,5-6H2,1-2H3,(H,11,12)/t9-/m1/s1. The highest BCUT2D eigenvalue weighted by atomic mass is 16.3. The van der Waals surface area contributed by atoms with Crippen LogP contribution in [0.5, 0.6) is 0 Å². The number of aromatic nitrogens is 1. The zero-order chi connectivity index (χ0) is 9.68. The quantitative estimate of drug-likeness (QED) is 0.739. The third-order valence-corrected chi connectivity index (χ3v) is 1.78. The molecule has 13 heavy (non-hydrogen) atoms. The average Bonchev–Trinajstić information content (AvgIpc) is 2.08. The Morgan fingerprint density at radius 3 is 2.85 bits per heavy atom. The summed E-state index contributed by atoms with van der Waals surface area (Å²) in [4.78, 5) is 4.18. The van der Waals surface area contributed by atoms with Crippen LogP contribution in [0.25, 0.3) is 0 Å². The van der Waals surface area contributed by atoms with Gasteiger partial charge in [0, 0.05) is 12.7 Å². The van der Waals surface area contributed by atoms with Gasteiger partial charge in [0.05, 0.1) is 6.10 Å². The molecule has 0 aliphatic heterocycles. The lowest BCUT2D eigenvalue weighted by molar-refractivity contribution is 0.188. The van der Waals surface area contributed by atoms with E-state index in [2.05, 4.69) is 10.3 Å². The largest absolute Gasteiger partial charge is 0.393 e. The van der Waals surface area contributed by atoms with Crippen molar-refractivity contribution in [3.05, 3.63) is 23.9 Å². The Bertz CT molecular complexity index is 244. The fourth-order valence-corrected chi connectivity index (χ4v) is 0.982. The highest BCUT2D eigenvalue weighted by Gasteiger charge is 1.95. The lowest BCUT2D eigenvalue weighted by Crippen LogP contribution is -2.10. The monoisotopic (exact) mass is 180 g/mol. The molecule has 0 spiro atoms. The molecule has 0 fully saturated rings. The third kappa shape index (κ3) is 3.90. The second kappa shape index (κ2) is 4.82. The number of rotatable bonds is 4. The Morgan fingerprint density at radius 1 is 1.54 bits per heavy atom. The van der Waals surface area contributed by atoms with E-state index in [-0.39, 0.29) is 6.10 Å². The molecule has 2 N–H and O–H groups in total. The predicted octanol–water partition coefficient (Wildman–Crippen LogP) is 1.57. The van der Waals surface area contributed by atoms with Crippen molar-refractivity contribution in [1.82, 2.24) is 4.98 Å². The maximum atomic E-state index is 9.01. The first-order valence-corrected chi connectivity index (χ1v) is 4.53. The van der Waals surface area contributed by atoms with Crippen LogP contribution in [0.2, 0.25) is 0 Å². The number of aliphatic hydroxyl groups excluding tert-OH is 1. The van der Waals surface area contributed by atoms with E-state index in [9.17, 15) is 0 Å². The van der Waals surface area contributed by atoms with Crippen LogP contribution >= 0.6 is 0 Å². The van der Waals surface area contributed by atoms with Crippen molar-refractivity contribution in [2.45, 2.75) is 26.4 Å². The lowest BCUT2D eigenvalue weighted by atomic mass is 10.3. The molecule has 1 aromatic rings. The summed E-state index contributed by atoms with van der Waals surface area (Å²) in [5, 5.41) is 12.1. The fraction of sp³-hybridized carbons (Fsp3) is 0.500. The van der Waals surface area contributed by atoms with Gasteiger partial charge in [0.2, 0.25) is 0 Å². The van der Waals surface area contributed by atoms with Gasteiger partial charge in [-0.15, -0.1) is 0 Å². The maximum absolute atomic E-state index is 9.01. The molecule has 0 aliphatic carbocycles. The van der Waals surface area contributed by atoms with Gasteiger partial charge in [-0.2, -0.15) is 0 Å². The fourth-order valence-electron chi connectivity index (χ4n) is 0.982.